The molecule has 0 amide bonds. The van der Waals surface area contributed by atoms with Gasteiger partial charge in [0.15, 0.2) is 0 Å². The van der Waals surface area contributed by atoms with E-state index in [0.29, 0.717) is 23.3 Å². The van der Waals surface area contributed by atoms with Gasteiger partial charge in [-0.2, -0.15) is 26.3 Å². The number of nitrogens with zero attached hydrogens (tertiary/aromatic N) is 2. The summed E-state index contributed by atoms with van der Waals surface area (Å²) in [7, 11) is 9.78. The number of aliphatic hydroxyl groups excluding tert-OH is 2. The second-order valence-corrected chi connectivity index (χ2v) is 11.1. The fourth-order valence-electron chi connectivity index (χ4n) is 3.28. The van der Waals surface area contributed by atoms with Crippen molar-refractivity contribution in [2.45, 2.75) is 12.4 Å². The first-order chi connectivity index (χ1) is 21.3. The van der Waals surface area contributed by atoms with Crippen LogP contribution in [0.2, 0.25) is 0 Å². The Morgan fingerprint density at radius 1 is 0.511 bits per heavy atom. The average Bonchev–Trinajstić information content (AvgIpc) is 3.02. The zero-order chi connectivity index (χ0) is 33.3. The van der Waals surface area contributed by atoms with Crippen LogP contribution in [0.1, 0.15) is 11.1 Å². The molecule has 0 heterocycles. The van der Waals surface area contributed by atoms with Gasteiger partial charge in [-0.3, -0.25) is 0 Å². The fraction of sp³-hybridized carbons (Fsp3) is 0.0625. The number of alkyl halides is 6. The molecule has 0 radical (unpaired) electrons. The normalized spacial score (nSPS) is 12.7. The predicted molar refractivity (Wildman–Crippen MR) is 165 cm³/mol. The summed E-state index contributed by atoms with van der Waals surface area (Å²) in [6.45, 7) is 0. The minimum absolute atomic E-state index is 0.168. The third-order valence-electron chi connectivity index (χ3n) is 5.28. The van der Waals surface area contributed by atoms with Crippen LogP contribution in [0, 0.1) is 0 Å². The van der Waals surface area contributed by atoms with Gasteiger partial charge in [-0.15, -0.1) is 0 Å². The SMILES string of the molecule is O/C(=C\C(=Nc1ccccc1)C(F)(F)F)c1ccccc1.O/C(=C\C(=Nc1ccccc1)C(F)(F)F)c1ccccc1.[Cl][Ti][Cl]. The van der Waals surface area contributed by atoms with E-state index in [1.807, 2.05) is 0 Å². The zero-order valence-corrected chi connectivity index (χ0v) is 26.1. The molecule has 0 aliphatic carbocycles. The second kappa shape index (κ2) is 18.9. The van der Waals surface area contributed by atoms with Crippen LogP contribution in [-0.4, -0.2) is 34.0 Å². The number of para-hydroxylation sites is 2. The Bertz CT molecular complexity index is 1450. The molecule has 0 saturated heterocycles. The van der Waals surface area contributed by atoms with Gasteiger partial charge in [-0.25, -0.2) is 9.98 Å². The van der Waals surface area contributed by atoms with Crippen LogP contribution in [-0.2, 0) is 17.0 Å². The average molecular weight is 701 g/mol. The molecule has 4 aromatic rings. The van der Waals surface area contributed by atoms with E-state index >= 15 is 0 Å². The summed E-state index contributed by atoms with van der Waals surface area (Å²) in [5, 5.41) is 19.6. The van der Waals surface area contributed by atoms with Crippen LogP contribution in [0.5, 0.6) is 0 Å². The van der Waals surface area contributed by atoms with Crippen LogP contribution in [0.25, 0.3) is 11.5 Å². The van der Waals surface area contributed by atoms with Crippen molar-refractivity contribution in [2.24, 2.45) is 9.98 Å². The van der Waals surface area contributed by atoms with Crippen molar-refractivity contribution in [1.82, 2.24) is 0 Å². The van der Waals surface area contributed by atoms with E-state index in [4.69, 9.17) is 18.6 Å². The molecule has 4 aromatic carbocycles. The van der Waals surface area contributed by atoms with E-state index in [1.54, 1.807) is 72.8 Å². The Labute approximate surface area is 272 Å². The van der Waals surface area contributed by atoms with Crippen LogP contribution in [0.4, 0.5) is 37.7 Å². The van der Waals surface area contributed by atoms with Crippen molar-refractivity contribution >= 4 is 52.9 Å². The van der Waals surface area contributed by atoms with Gasteiger partial charge in [0.05, 0.1) is 11.4 Å². The third-order valence-corrected chi connectivity index (χ3v) is 5.28. The molecule has 0 spiro atoms. The van der Waals surface area contributed by atoms with Gasteiger partial charge in [-0.1, -0.05) is 97.1 Å². The summed E-state index contributed by atoms with van der Waals surface area (Å²) in [5.41, 5.74) is -1.39. The molecule has 0 aromatic heterocycles. The number of rotatable bonds is 6. The molecule has 4 rings (SSSR count). The first kappa shape index (κ1) is 37.4. The molecule has 4 nitrogen and oxygen atoms in total. The molecule has 0 bridgehead atoms. The molecule has 234 valence electrons. The standard InChI is InChI=1S/2C16H12F3NO.2ClH.Ti/c2*17-16(18,19)15(20-13-9-5-2-6-10-13)11-14(21)12-7-3-1-4-8-12;;;/h2*1-11,21H;2*1H;/q;;;;+2/p-2/b2*14-11-,20-15?;;;. The number of hydrogen-bond donors (Lipinski definition) is 2. The van der Waals surface area contributed by atoms with Crippen molar-refractivity contribution < 1.29 is 53.6 Å². The monoisotopic (exact) mass is 700 g/mol. The van der Waals surface area contributed by atoms with Crippen molar-refractivity contribution in [3.63, 3.8) is 0 Å². The van der Waals surface area contributed by atoms with Crippen molar-refractivity contribution in [3.05, 3.63) is 145 Å². The Morgan fingerprint density at radius 3 is 1.00 bits per heavy atom. The third kappa shape index (κ3) is 14.2. The Morgan fingerprint density at radius 2 is 0.756 bits per heavy atom. The molecule has 13 heteroatoms. The summed E-state index contributed by atoms with van der Waals surface area (Å²) in [6, 6.07) is 31.5. The van der Waals surface area contributed by atoms with E-state index < -0.39 is 52.3 Å². The second-order valence-electron chi connectivity index (χ2n) is 8.52. The topological polar surface area (TPSA) is 65.2 Å². The first-order valence-electron chi connectivity index (χ1n) is 12.7. The molecule has 0 fully saturated rings. The Kier molecular flexibility index (Phi) is 15.7. The van der Waals surface area contributed by atoms with Gasteiger partial charge in [0, 0.05) is 23.3 Å². The van der Waals surface area contributed by atoms with E-state index in [-0.39, 0.29) is 11.4 Å². The van der Waals surface area contributed by atoms with Gasteiger partial charge in [0.2, 0.25) is 0 Å². The van der Waals surface area contributed by atoms with Gasteiger partial charge in [0.1, 0.15) is 22.9 Å². The molecular formula is C32H24Cl2F6N2O2Ti. The number of hydrogen-bond acceptors (Lipinski definition) is 4. The Balaban J connectivity index is 0.000000288. The minimum atomic E-state index is -4.65. The number of benzene rings is 4. The van der Waals surface area contributed by atoms with Gasteiger partial charge in [0.25, 0.3) is 0 Å². The summed E-state index contributed by atoms with van der Waals surface area (Å²) in [6.07, 6.45) is -8.05. The molecule has 0 saturated carbocycles. The Hall–Kier alpha value is -3.83. The maximum absolute atomic E-state index is 13.0. The van der Waals surface area contributed by atoms with E-state index in [9.17, 15) is 36.6 Å². The predicted octanol–water partition coefficient (Wildman–Crippen LogP) is 11.2. The van der Waals surface area contributed by atoms with E-state index in [2.05, 4.69) is 9.98 Å². The van der Waals surface area contributed by atoms with Crippen LogP contribution >= 0.6 is 18.6 Å². The zero-order valence-electron chi connectivity index (χ0n) is 23.0. The summed E-state index contributed by atoms with van der Waals surface area (Å²) in [4.78, 5) is 7.10. The van der Waals surface area contributed by atoms with E-state index in [0.717, 1.165) is 0 Å². The number of aliphatic imine (C=N–C) groups is 2. The molecule has 0 unspecified atom stereocenters. The van der Waals surface area contributed by atoms with Crippen LogP contribution < -0.4 is 0 Å². The molecule has 2 N–H and O–H groups in total. The molecule has 0 atom stereocenters. The van der Waals surface area contributed by atoms with Gasteiger partial charge >= 0.3 is 48.0 Å². The van der Waals surface area contributed by atoms with Gasteiger partial charge < -0.3 is 10.2 Å². The quantitative estimate of drug-likeness (QED) is 0.0910. The van der Waals surface area contributed by atoms with Crippen molar-refractivity contribution in [1.29, 1.82) is 0 Å². The van der Waals surface area contributed by atoms with E-state index in [1.165, 1.54) is 48.5 Å². The maximum atomic E-state index is 13.0. The summed E-state index contributed by atoms with van der Waals surface area (Å²) in [5.74, 6) is -0.967. The first-order valence-corrected chi connectivity index (χ1v) is 16.9. The van der Waals surface area contributed by atoms with Gasteiger partial charge in [-0.05, 0) is 24.3 Å². The number of aliphatic hydroxyl groups is 2. The molecule has 0 aliphatic heterocycles. The number of halogens is 8. The van der Waals surface area contributed by atoms with Crippen molar-refractivity contribution in [3.8, 4) is 0 Å². The molecule has 0 aliphatic rings. The molecular weight excluding hydrogens is 677 g/mol. The number of allylic oxidation sites excluding steroid dienone is 2. The van der Waals surface area contributed by atoms with Crippen LogP contribution in [0.3, 0.4) is 0 Å². The molecule has 45 heavy (non-hydrogen) atoms. The summed E-state index contributed by atoms with van der Waals surface area (Å²) < 4.78 is 78.0. The van der Waals surface area contributed by atoms with Crippen molar-refractivity contribution in [2.75, 3.05) is 0 Å². The summed E-state index contributed by atoms with van der Waals surface area (Å²) >= 11 is -0.556. The fourth-order valence-corrected chi connectivity index (χ4v) is 3.28. The van der Waals surface area contributed by atoms with Crippen LogP contribution in [0.15, 0.2) is 143 Å².